The van der Waals surface area contributed by atoms with Gasteiger partial charge in [0.25, 0.3) is 0 Å². The summed E-state index contributed by atoms with van der Waals surface area (Å²) >= 11 is 0. The van der Waals surface area contributed by atoms with Crippen LogP contribution in [0.15, 0.2) is 42.5 Å². The van der Waals surface area contributed by atoms with Crippen molar-refractivity contribution >= 4 is 12.1 Å². The molecule has 1 saturated carbocycles. The average Bonchev–Trinajstić information content (AvgIpc) is 3.48. The molecule has 2 saturated heterocycles. The molecule has 0 radical (unpaired) electrons. The molecule has 1 N–H and O–H groups in total. The van der Waals surface area contributed by atoms with Crippen LogP contribution in [0.4, 0.5) is 22.8 Å². The Balaban J connectivity index is 1.16. The Morgan fingerprint density at radius 3 is 2.46 bits per heavy atom. The van der Waals surface area contributed by atoms with Crippen LogP contribution in [-0.4, -0.2) is 53.7 Å². The summed E-state index contributed by atoms with van der Waals surface area (Å²) in [6.45, 7) is 1.38. The van der Waals surface area contributed by atoms with Crippen LogP contribution >= 0.6 is 0 Å². The van der Waals surface area contributed by atoms with Gasteiger partial charge >= 0.3 is 12.1 Å². The van der Waals surface area contributed by atoms with Gasteiger partial charge in [0.15, 0.2) is 11.6 Å². The molecular weight excluding hydrogens is 459 g/mol. The van der Waals surface area contributed by atoms with Crippen LogP contribution in [-0.2, 0) is 4.74 Å². The maximum atomic E-state index is 14.2. The highest BCUT2D eigenvalue weighted by molar-refractivity contribution is 5.92. The second kappa shape index (κ2) is 9.89. The first-order chi connectivity index (χ1) is 16.9. The monoisotopic (exact) mass is 487 g/mol. The van der Waals surface area contributed by atoms with E-state index in [-0.39, 0.29) is 24.4 Å². The lowest BCUT2D eigenvalue weighted by Crippen LogP contribution is -2.47. The standard InChI is InChI=1S/C26H28F3N3O3/c27-21-4-2-1-3-20(21)16-5-8-19(9-6-16)31-12-11-18(14-31)30-25(33)32-24(15-35-26(32)34)17-7-10-22(28)23(29)13-17/h1-4,7,10,13,16,18-19,24H,5-6,8-9,11-12,14-15H2,(H,30,33)/t16-,18-,19-,24-/m1/s1. The molecule has 186 valence electrons. The van der Waals surface area contributed by atoms with E-state index >= 15 is 0 Å². The number of benzene rings is 2. The Morgan fingerprint density at radius 1 is 0.943 bits per heavy atom. The molecule has 2 aromatic rings. The minimum absolute atomic E-state index is 0.112. The molecule has 0 aromatic heterocycles. The van der Waals surface area contributed by atoms with Crippen LogP contribution < -0.4 is 5.32 Å². The number of carbonyl (C=O) groups excluding carboxylic acids is 2. The zero-order chi connectivity index (χ0) is 24.5. The lowest BCUT2D eigenvalue weighted by atomic mass is 9.81. The van der Waals surface area contributed by atoms with Crippen molar-refractivity contribution in [1.29, 1.82) is 0 Å². The highest BCUT2D eigenvalue weighted by Gasteiger charge is 2.41. The Morgan fingerprint density at radius 2 is 1.71 bits per heavy atom. The third-order valence-corrected chi connectivity index (χ3v) is 7.53. The molecule has 3 aliphatic rings. The Labute approximate surface area is 202 Å². The average molecular weight is 488 g/mol. The van der Waals surface area contributed by atoms with Gasteiger partial charge in [0.05, 0.1) is 0 Å². The summed E-state index contributed by atoms with van der Waals surface area (Å²) < 4.78 is 46.2. The predicted octanol–water partition coefficient (Wildman–Crippen LogP) is 5.11. The number of rotatable bonds is 4. The topological polar surface area (TPSA) is 61.9 Å². The predicted molar refractivity (Wildman–Crippen MR) is 122 cm³/mol. The molecule has 5 rings (SSSR count). The van der Waals surface area contributed by atoms with Crippen LogP contribution in [0.25, 0.3) is 0 Å². The fraction of sp³-hybridized carbons (Fsp3) is 0.462. The molecule has 9 heteroatoms. The molecule has 2 atom stereocenters. The summed E-state index contributed by atoms with van der Waals surface area (Å²) in [4.78, 5) is 28.5. The molecule has 6 nitrogen and oxygen atoms in total. The van der Waals surface area contributed by atoms with Crippen LogP contribution in [0.2, 0.25) is 0 Å². The number of imide groups is 1. The molecule has 0 bridgehead atoms. The lowest BCUT2D eigenvalue weighted by molar-refractivity contribution is 0.155. The van der Waals surface area contributed by atoms with E-state index in [9.17, 15) is 22.8 Å². The van der Waals surface area contributed by atoms with Gasteiger partial charge in [-0.3, -0.25) is 4.90 Å². The molecule has 3 fully saturated rings. The van der Waals surface area contributed by atoms with Gasteiger partial charge in [-0.25, -0.2) is 27.7 Å². The van der Waals surface area contributed by atoms with E-state index in [1.165, 1.54) is 12.1 Å². The largest absolute Gasteiger partial charge is 0.446 e. The van der Waals surface area contributed by atoms with Gasteiger partial charge in [-0.2, -0.15) is 0 Å². The number of hydrogen-bond acceptors (Lipinski definition) is 4. The highest BCUT2D eigenvalue weighted by Crippen LogP contribution is 2.37. The van der Waals surface area contributed by atoms with Crippen molar-refractivity contribution in [2.45, 2.75) is 56.1 Å². The first kappa shape index (κ1) is 23.7. The van der Waals surface area contributed by atoms with Crippen molar-refractivity contribution in [2.75, 3.05) is 19.7 Å². The molecular formula is C26H28F3N3O3. The number of nitrogens with zero attached hydrogens (tertiary/aromatic N) is 2. The number of amides is 3. The van der Waals surface area contributed by atoms with Gasteiger partial charge in [-0.05, 0) is 67.3 Å². The smallest absolute Gasteiger partial charge is 0.418 e. The minimum Gasteiger partial charge on any atom is -0.446 e. The fourth-order valence-electron chi connectivity index (χ4n) is 5.65. The van der Waals surface area contributed by atoms with Gasteiger partial charge in [0, 0.05) is 25.2 Å². The van der Waals surface area contributed by atoms with E-state index in [0.717, 1.165) is 61.2 Å². The van der Waals surface area contributed by atoms with E-state index in [1.54, 1.807) is 6.07 Å². The van der Waals surface area contributed by atoms with E-state index in [1.807, 2.05) is 12.1 Å². The van der Waals surface area contributed by atoms with E-state index in [2.05, 4.69) is 10.2 Å². The number of carbonyl (C=O) groups is 2. The number of cyclic esters (lactones) is 1. The molecule has 1 aliphatic carbocycles. The Bertz CT molecular complexity index is 1110. The lowest BCUT2D eigenvalue weighted by Gasteiger charge is -2.35. The van der Waals surface area contributed by atoms with Gasteiger partial charge in [0.2, 0.25) is 0 Å². The van der Waals surface area contributed by atoms with Gasteiger partial charge < -0.3 is 10.1 Å². The third-order valence-electron chi connectivity index (χ3n) is 7.53. The molecule has 0 unspecified atom stereocenters. The zero-order valence-corrected chi connectivity index (χ0v) is 19.3. The number of likely N-dealkylation sites (tertiary alicyclic amines) is 1. The maximum absolute atomic E-state index is 14.2. The number of hydrogen-bond donors (Lipinski definition) is 1. The summed E-state index contributed by atoms with van der Waals surface area (Å²) in [5.74, 6) is -1.94. The van der Waals surface area contributed by atoms with Gasteiger partial charge in [0.1, 0.15) is 18.5 Å². The van der Waals surface area contributed by atoms with Crippen LogP contribution in [0.3, 0.4) is 0 Å². The van der Waals surface area contributed by atoms with E-state index < -0.39 is 29.8 Å². The molecule has 2 aliphatic heterocycles. The Kier molecular flexibility index (Phi) is 6.69. The molecule has 2 heterocycles. The molecule has 0 spiro atoms. The van der Waals surface area contributed by atoms with Crippen LogP contribution in [0.5, 0.6) is 0 Å². The second-order valence-corrected chi connectivity index (χ2v) is 9.59. The van der Waals surface area contributed by atoms with Crippen LogP contribution in [0.1, 0.15) is 55.2 Å². The third kappa shape index (κ3) is 4.87. The molecule has 2 aromatic carbocycles. The minimum atomic E-state index is -1.04. The van der Waals surface area contributed by atoms with Crippen molar-refractivity contribution in [3.05, 3.63) is 71.0 Å². The number of halogens is 3. The normalized spacial score (nSPS) is 27.2. The van der Waals surface area contributed by atoms with Gasteiger partial charge in [-0.1, -0.05) is 24.3 Å². The summed E-state index contributed by atoms with van der Waals surface area (Å²) in [6, 6.07) is 9.12. The summed E-state index contributed by atoms with van der Waals surface area (Å²) in [7, 11) is 0. The quantitative estimate of drug-likeness (QED) is 0.651. The SMILES string of the molecule is O=C(N[C@@H]1CCN([C@H]2CC[C@H](c3ccccc3F)CC2)C1)N1C(=O)OC[C@@H]1c1ccc(F)c(F)c1. The zero-order valence-electron chi connectivity index (χ0n) is 19.3. The summed E-state index contributed by atoms with van der Waals surface area (Å²) in [6.07, 6.45) is 3.73. The Hall–Kier alpha value is -3.07. The summed E-state index contributed by atoms with van der Waals surface area (Å²) in [5.41, 5.74) is 1.09. The first-order valence-corrected chi connectivity index (χ1v) is 12.1. The van der Waals surface area contributed by atoms with Crippen molar-refractivity contribution in [2.24, 2.45) is 0 Å². The van der Waals surface area contributed by atoms with Crippen molar-refractivity contribution < 1.29 is 27.5 Å². The van der Waals surface area contributed by atoms with E-state index in [0.29, 0.717) is 18.2 Å². The maximum Gasteiger partial charge on any atom is 0.418 e. The summed E-state index contributed by atoms with van der Waals surface area (Å²) in [5, 5.41) is 2.92. The van der Waals surface area contributed by atoms with Crippen LogP contribution in [0, 0.1) is 17.5 Å². The molecule has 3 amide bonds. The number of urea groups is 1. The molecule has 35 heavy (non-hydrogen) atoms. The fourth-order valence-corrected chi connectivity index (χ4v) is 5.65. The van der Waals surface area contributed by atoms with Crippen molar-refractivity contribution in [1.82, 2.24) is 15.1 Å². The van der Waals surface area contributed by atoms with Crippen molar-refractivity contribution in [3.63, 3.8) is 0 Å². The van der Waals surface area contributed by atoms with Crippen molar-refractivity contribution in [3.8, 4) is 0 Å². The second-order valence-electron chi connectivity index (χ2n) is 9.59. The van der Waals surface area contributed by atoms with E-state index in [4.69, 9.17) is 4.74 Å². The number of nitrogens with one attached hydrogen (secondary N) is 1. The number of ether oxygens (including phenoxy) is 1. The highest BCUT2D eigenvalue weighted by atomic mass is 19.2. The first-order valence-electron chi connectivity index (χ1n) is 12.1. The van der Waals surface area contributed by atoms with Gasteiger partial charge in [-0.15, -0.1) is 0 Å².